The van der Waals surface area contributed by atoms with Crippen molar-refractivity contribution in [3.63, 3.8) is 0 Å². The number of unbranched alkanes of at least 4 members (excludes halogenated alkanes) is 10. The first-order valence-electron chi connectivity index (χ1n) is 9.42. The summed E-state index contributed by atoms with van der Waals surface area (Å²) in [5.74, 6) is -0.0237. The standard InChI is InChI=1S/C19H40NO2.ClH/c1-5-6-7-8-9-10-11-12-13-14-15-16-19(21)22-18-17-20(2,3)4;/h5-18H2,1-4H3;1H/q+1;. The van der Waals surface area contributed by atoms with Crippen LogP contribution in [-0.2, 0) is 9.53 Å². The minimum absolute atomic E-state index is 0. The molecule has 3 nitrogen and oxygen atoms in total. The fourth-order valence-electron chi connectivity index (χ4n) is 2.44. The lowest BCUT2D eigenvalue weighted by Gasteiger charge is -2.23. The predicted octanol–water partition coefficient (Wildman–Crippen LogP) is 5.36. The number of carbonyl (C=O) groups is 1. The maximum atomic E-state index is 11.6. The molecule has 140 valence electrons. The Labute approximate surface area is 151 Å². The van der Waals surface area contributed by atoms with E-state index < -0.39 is 0 Å². The second-order valence-corrected chi connectivity index (χ2v) is 7.52. The SMILES string of the molecule is CCCCCCCCCCCCCC(=O)OCC[N+](C)(C)C.Cl. The summed E-state index contributed by atoms with van der Waals surface area (Å²) in [4.78, 5) is 11.6. The van der Waals surface area contributed by atoms with Gasteiger partial charge in [0.15, 0.2) is 0 Å². The van der Waals surface area contributed by atoms with Gasteiger partial charge in [0.05, 0.1) is 21.1 Å². The van der Waals surface area contributed by atoms with Gasteiger partial charge in [0.2, 0.25) is 0 Å². The zero-order valence-electron chi connectivity index (χ0n) is 16.1. The van der Waals surface area contributed by atoms with Gasteiger partial charge in [-0.25, -0.2) is 0 Å². The summed E-state index contributed by atoms with van der Waals surface area (Å²) in [5, 5.41) is 0. The van der Waals surface area contributed by atoms with Crippen molar-refractivity contribution in [2.24, 2.45) is 0 Å². The molecule has 0 spiro atoms. The molecule has 0 aliphatic carbocycles. The number of rotatable bonds is 15. The Morgan fingerprint density at radius 2 is 1.22 bits per heavy atom. The third-order valence-electron chi connectivity index (χ3n) is 4.01. The van der Waals surface area contributed by atoms with Crippen LogP contribution >= 0.6 is 12.4 Å². The van der Waals surface area contributed by atoms with Crippen LogP contribution in [0, 0.1) is 0 Å². The van der Waals surface area contributed by atoms with Crippen molar-refractivity contribution in [1.82, 2.24) is 0 Å². The minimum Gasteiger partial charge on any atom is -0.460 e. The maximum absolute atomic E-state index is 11.6. The molecule has 0 unspecified atom stereocenters. The molecule has 0 aromatic heterocycles. The molecule has 0 saturated carbocycles. The molecule has 23 heavy (non-hydrogen) atoms. The van der Waals surface area contributed by atoms with Gasteiger partial charge in [-0.05, 0) is 6.42 Å². The van der Waals surface area contributed by atoms with Gasteiger partial charge in [-0.3, -0.25) is 4.79 Å². The highest BCUT2D eigenvalue weighted by atomic mass is 35.5. The van der Waals surface area contributed by atoms with E-state index in [-0.39, 0.29) is 18.4 Å². The van der Waals surface area contributed by atoms with Crippen LogP contribution in [0.25, 0.3) is 0 Å². The van der Waals surface area contributed by atoms with Gasteiger partial charge in [0.1, 0.15) is 13.2 Å². The first-order chi connectivity index (χ1) is 10.5. The molecule has 0 N–H and O–H groups in total. The molecule has 4 heteroatoms. The molecule has 0 atom stereocenters. The van der Waals surface area contributed by atoms with Crippen molar-refractivity contribution >= 4 is 18.4 Å². The number of quaternary nitrogens is 1. The second-order valence-electron chi connectivity index (χ2n) is 7.52. The van der Waals surface area contributed by atoms with E-state index >= 15 is 0 Å². The zero-order valence-corrected chi connectivity index (χ0v) is 16.9. The van der Waals surface area contributed by atoms with Crippen LogP contribution in [0.3, 0.4) is 0 Å². The first kappa shape index (κ1) is 25.0. The van der Waals surface area contributed by atoms with E-state index in [1.54, 1.807) is 0 Å². The van der Waals surface area contributed by atoms with E-state index in [0.29, 0.717) is 13.0 Å². The number of carbonyl (C=O) groups excluding carboxylic acids is 1. The molecule has 0 saturated heterocycles. The number of halogens is 1. The maximum Gasteiger partial charge on any atom is 0.305 e. The molecule has 0 amide bonds. The lowest BCUT2D eigenvalue weighted by molar-refractivity contribution is -0.870. The number of hydrogen-bond acceptors (Lipinski definition) is 2. The molecule has 0 fully saturated rings. The van der Waals surface area contributed by atoms with E-state index in [4.69, 9.17) is 4.74 Å². The van der Waals surface area contributed by atoms with Crippen LogP contribution < -0.4 is 0 Å². The van der Waals surface area contributed by atoms with E-state index in [2.05, 4.69) is 28.1 Å². The van der Waals surface area contributed by atoms with Crippen LogP contribution in [0.2, 0.25) is 0 Å². The number of nitrogens with zero attached hydrogens (tertiary/aromatic N) is 1. The fourth-order valence-corrected chi connectivity index (χ4v) is 2.44. The lowest BCUT2D eigenvalue weighted by atomic mass is 10.1. The minimum atomic E-state index is -0.0237. The topological polar surface area (TPSA) is 26.3 Å². The van der Waals surface area contributed by atoms with Gasteiger partial charge in [-0.1, -0.05) is 71.1 Å². The molecule has 0 bridgehead atoms. The first-order valence-corrected chi connectivity index (χ1v) is 9.42. The summed E-state index contributed by atoms with van der Waals surface area (Å²) in [6, 6.07) is 0. The summed E-state index contributed by atoms with van der Waals surface area (Å²) in [6.07, 6.45) is 15.0. The number of ether oxygens (including phenoxy) is 1. The van der Waals surface area contributed by atoms with Crippen molar-refractivity contribution in [3.8, 4) is 0 Å². The monoisotopic (exact) mass is 350 g/mol. The number of hydrogen-bond donors (Lipinski definition) is 0. The van der Waals surface area contributed by atoms with Crippen molar-refractivity contribution in [1.29, 1.82) is 0 Å². The highest BCUT2D eigenvalue weighted by Crippen LogP contribution is 2.12. The van der Waals surface area contributed by atoms with Gasteiger partial charge < -0.3 is 9.22 Å². The predicted molar refractivity (Wildman–Crippen MR) is 102 cm³/mol. The average molecular weight is 351 g/mol. The zero-order chi connectivity index (χ0) is 16.7. The number of likely N-dealkylation sites (N-methyl/N-ethyl adjacent to an activating group) is 1. The Morgan fingerprint density at radius 3 is 1.65 bits per heavy atom. The van der Waals surface area contributed by atoms with Gasteiger partial charge in [0, 0.05) is 6.42 Å². The Hall–Kier alpha value is -0.280. The Balaban J connectivity index is 0. The Bertz CT molecular complexity index is 265. The Kier molecular flexibility index (Phi) is 18.0. The molecular weight excluding hydrogens is 310 g/mol. The highest BCUT2D eigenvalue weighted by molar-refractivity contribution is 5.85. The van der Waals surface area contributed by atoms with Gasteiger partial charge in [-0.15, -0.1) is 12.4 Å². The summed E-state index contributed by atoms with van der Waals surface area (Å²) in [5.41, 5.74) is 0. The smallest absolute Gasteiger partial charge is 0.305 e. The van der Waals surface area contributed by atoms with Crippen LogP contribution in [0.5, 0.6) is 0 Å². The van der Waals surface area contributed by atoms with E-state index in [9.17, 15) is 4.79 Å². The van der Waals surface area contributed by atoms with Crippen LogP contribution in [-0.4, -0.2) is 44.7 Å². The molecule has 0 rings (SSSR count). The molecule has 0 aromatic rings. The normalized spacial score (nSPS) is 11.1. The van der Waals surface area contributed by atoms with Crippen molar-refractivity contribution in [2.75, 3.05) is 34.3 Å². The summed E-state index contributed by atoms with van der Waals surface area (Å²) < 4.78 is 6.09. The molecule has 0 aliphatic rings. The second kappa shape index (κ2) is 16.6. The van der Waals surface area contributed by atoms with Crippen LogP contribution in [0.4, 0.5) is 0 Å². The average Bonchev–Trinajstić information content (AvgIpc) is 2.43. The van der Waals surface area contributed by atoms with Crippen molar-refractivity contribution in [2.45, 2.75) is 84.0 Å². The fraction of sp³-hybridized carbons (Fsp3) is 0.947. The molecule has 0 aliphatic heterocycles. The van der Waals surface area contributed by atoms with E-state index in [1.165, 1.54) is 64.2 Å². The van der Waals surface area contributed by atoms with Crippen LogP contribution in [0.15, 0.2) is 0 Å². The third-order valence-corrected chi connectivity index (χ3v) is 4.01. The van der Waals surface area contributed by atoms with Crippen molar-refractivity contribution < 1.29 is 14.0 Å². The Morgan fingerprint density at radius 1 is 0.783 bits per heavy atom. The van der Waals surface area contributed by atoms with Gasteiger partial charge >= 0.3 is 5.97 Å². The summed E-state index contributed by atoms with van der Waals surface area (Å²) >= 11 is 0. The van der Waals surface area contributed by atoms with Crippen LogP contribution in [0.1, 0.15) is 84.0 Å². The van der Waals surface area contributed by atoms with Crippen molar-refractivity contribution in [3.05, 3.63) is 0 Å². The molecule has 0 aromatic carbocycles. The van der Waals surface area contributed by atoms with E-state index in [1.807, 2.05) is 0 Å². The van der Waals surface area contributed by atoms with E-state index in [0.717, 1.165) is 17.4 Å². The number of esters is 1. The lowest BCUT2D eigenvalue weighted by Crippen LogP contribution is -2.37. The third kappa shape index (κ3) is 21.7. The molecule has 0 heterocycles. The summed E-state index contributed by atoms with van der Waals surface area (Å²) in [6.45, 7) is 3.68. The highest BCUT2D eigenvalue weighted by Gasteiger charge is 2.09. The molecule has 0 radical (unpaired) electrons. The quantitative estimate of drug-likeness (QED) is 0.226. The van der Waals surface area contributed by atoms with Gasteiger partial charge in [0.25, 0.3) is 0 Å². The molecular formula is C19H41ClNO2+. The summed E-state index contributed by atoms with van der Waals surface area (Å²) in [7, 11) is 6.33. The largest absolute Gasteiger partial charge is 0.460 e. The van der Waals surface area contributed by atoms with Gasteiger partial charge in [-0.2, -0.15) is 0 Å².